The van der Waals surface area contributed by atoms with Crippen molar-refractivity contribution in [3.05, 3.63) is 70.6 Å². The van der Waals surface area contributed by atoms with Crippen LogP contribution in [0, 0.1) is 0 Å². The normalized spacial score (nSPS) is 21.5. The number of rotatable bonds is 13. The second-order valence-electron chi connectivity index (χ2n) is 12.3. The molecule has 0 bridgehead atoms. The van der Waals surface area contributed by atoms with Crippen molar-refractivity contribution in [1.29, 1.82) is 0 Å². The minimum Gasteiger partial charge on any atom is -0.378 e. The van der Waals surface area contributed by atoms with Crippen LogP contribution in [0.5, 0.6) is 0 Å². The van der Waals surface area contributed by atoms with Crippen molar-refractivity contribution in [2.24, 2.45) is 0 Å². The fourth-order valence-electron chi connectivity index (χ4n) is 7.02. The Hall–Kier alpha value is -2.12. The van der Waals surface area contributed by atoms with E-state index in [4.69, 9.17) is 4.74 Å². The highest BCUT2D eigenvalue weighted by Crippen LogP contribution is 2.33. The Balaban J connectivity index is 1.32. The first-order valence-electron chi connectivity index (χ1n) is 16.7. The lowest BCUT2D eigenvalue weighted by atomic mass is 9.93. The fraction of sp³-hybridized carbons (Fsp3) is 0.595. The molecule has 43 heavy (non-hydrogen) atoms. The van der Waals surface area contributed by atoms with E-state index in [0.29, 0.717) is 36.5 Å². The van der Waals surface area contributed by atoms with Gasteiger partial charge < -0.3 is 9.64 Å². The second kappa shape index (κ2) is 16.8. The molecule has 0 saturated carbocycles. The third kappa shape index (κ3) is 8.97. The van der Waals surface area contributed by atoms with Crippen molar-refractivity contribution in [3.8, 4) is 11.1 Å². The molecule has 2 aromatic carbocycles. The first-order valence-corrected chi connectivity index (χ1v) is 17.8. The average molecular weight is 606 g/mol. The van der Waals surface area contributed by atoms with Gasteiger partial charge in [0, 0.05) is 57.0 Å². The van der Waals surface area contributed by atoms with Gasteiger partial charge in [-0.25, -0.2) is 0 Å². The molecule has 2 aliphatic heterocycles. The summed E-state index contributed by atoms with van der Waals surface area (Å²) in [5, 5.41) is 1.99. The molecular formula is C37H55N3O2S. The third-order valence-electron chi connectivity index (χ3n) is 9.54. The first kappa shape index (κ1) is 33.8. The van der Waals surface area contributed by atoms with Crippen molar-refractivity contribution < 1.29 is 9.53 Å². The summed E-state index contributed by atoms with van der Waals surface area (Å²) in [4.78, 5) is 20.3. The van der Waals surface area contributed by atoms with Crippen LogP contribution < -0.4 is 0 Å². The predicted octanol–water partition coefficient (Wildman–Crippen LogP) is 7.60. The minimum atomic E-state index is 0.262. The number of likely N-dealkylation sites (tertiary alicyclic amines) is 1. The summed E-state index contributed by atoms with van der Waals surface area (Å²) in [7, 11) is 0. The molecule has 4 rings (SSSR count). The van der Waals surface area contributed by atoms with Crippen LogP contribution >= 0.6 is 11.8 Å². The molecule has 0 spiro atoms. The second-order valence-corrected chi connectivity index (χ2v) is 13.2. The molecule has 6 heteroatoms. The van der Waals surface area contributed by atoms with Crippen molar-refractivity contribution in [2.45, 2.75) is 97.8 Å². The number of carbonyl (C=O) groups excluding carboxylic acids is 1. The van der Waals surface area contributed by atoms with E-state index in [9.17, 15) is 4.79 Å². The van der Waals surface area contributed by atoms with Crippen molar-refractivity contribution in [1.82, 2.24) is 14.7 Å². The smallest absolute Gasteiger partial charge is 0.232 e. The van der Waals surface area contributed by atoms with Crippen LogP contribution in [0.3, 0.4) is 0 Å². The number of carbonyl (C=O) groups is 1. The highest BCUT2D eigenvalue weighted by atomic mass is 32.2. The van der Waals surface area contributed by atoms with Crippen LogP contribution in [0.4, 0.5) is 0 Å². The molecule has 0 radical (unpaired) electrons. The molecule has 2 fully saturated rings. The SMILES string of the molecule is CCOC/C=C\SCC(=O)N1CCC(N2CC(CC)N([C@@H](C)c3ccc(-c4cc(CC)cc(CC)c4)cc3)[C@H](C)C2)CC1. The lowest BCUT2D eigenvalue weighted by Gasteiger charge is -2.51. The predicted molar refractivity (Wildman–Crippen MR) is 184 cm³/mol. The zero-order chi connectivity index (χ0) is 30.8. The topological polar surface area (TPSA) is 36.0 Å². The van der Waals surface area contributed by atoms with Crippen LogP contribution in [-0.4, -0.2) is 83.9 Å². The number of piperazine rings is 1. The lowest BCUT2D eigenvalue weighted by Crippen LogP contribution is -2.61. The third-order valence-corrected chi connectivity index (χ3v) is 10.3. The first-order chi connectivity index (χ1) is 20.9. The van der Waals surface area contributed by atoms with E-state index in [0.717, 1.165) is 64.9 Å². The van der Waals surface area contributed by atoms with Gasteiger partial charge in [-0.2, -0.15) is 0 Å². The summed E-state index contributed by atoms with van der Waals surface area (Å²) in [5.74, 6) is 0.780. The maximum absolute atomic E-state index is 12.8. The Morgan fingerprint density at radius 1 is 0.977 bits per heavy atom. The van der Waals surface area contributed by atoms with Crippen LogP contribution in [0.1, 0.15) is 83.5 Å². The number of benzene rings is 2. The average Bonchev–Trinajstić information content (AvgIpc) is 3.05. The maximum Gasteiger partial charge on any atom is 0.232 e. The Labute approximate surface area is 266 Å². The number of nitrogens with zero attached hydrogens (tertiary/aromatic N) is 3. The lowest BCUT2D eigenvalue weighted by molar-refractivity contribution is -0.130. The molecule has 2 aromatic rings. The van der Waals surface area contributed by atoms with Gasteiger partial charge in [-0.05, 0) is 86.1 Å². The largest absolute Gasteiger partial charge is 0.378 e. The molecule has 5 nitrogen and oxygen atoms in total. The summed E-state index contributed by atoms with van der Waals surface area (Å²) < 4.78 is 5.32. The number of hydrogen-bond acceptors (Lipinski definition) is 5. The monoisotopic (exact) mass is 605 g/mol. The van der Waals surface area contributed by atoms with E-state index in [2.05, 4.69) is 91.8 Å². The summed E-state index contributed by atoms with van der Waals surface area (Å²) >= 11 is 1.57. The molecule has 2 saturated heterocycles. The Bertz CT molecular complexity index is 1150. The quantitative estimate of drug-likeness (QED) is 0.220. The molecule has 0 aromatic heterocycles. The van der Waals surface area contributed by atoms with E-state index >= 15 is 0 Å². The molecule has 2 heterocycles. The number of ether oxygens (including phenoxy) is 1. The number of aryl methyl sites for hydroxylation is 2. The number of piperidine rings is 1. The number of thioether (sulfide) groups is 1. The van der Waals surface area contributed by atoms with Crippen LogP contribution in [-0.2, 0) is 22.4 Å². The molecule has 1 unspecified atom stereocenters. The number of hydrogen-bond donors (Lipinski definition) is 0. The summed E-state index contributed by atoms with van der Waals surface area (Å²) in [6.45, 7) is 18.9. The zero-order valence-electron chi connectivity index (χ0n) is 27.6. The van der Waals surface area contributed by atoms with Gasteiger partial charge in [-0.3, -0.25) is 14.6 Å². The molecule has 1 amide bonds. The van der Waals surface area contributed by atoms with Crippen LogP contribution in [0.15, 0.2) is 53.9 Å². The van der Waals surface area contributed by atoms with Gasteiger partial charge >= 0.3 is 0 Å². The van der Waals surface area contributed by atoms with Crippen molar-refractivity contribution in [3.63, 3.8) is 0 Å². The minimum absolute atomic E-state index is 0.262. The van der Waals surface area contributed by atoms with Gasteiger partial charge in [0.25, 0.3) is 0 Å². The Morgan fingerprint density at radius 3 is 2.26 bits per heavy atom. The van der Waals surface area contributed by atoms with Crippen LogP contribution in [0.2, 0.25) is 0 Å². The van der Waals surface area contributed by atoms with Crippen LogP contribution in [0.25, 0.3) is 11.1 Å². The van der Waals surface area contributed by atoms with Gasteiger partial charge in [-0.15, -0.1) is 11.8 Å². The van der Waals surface area contributed by atoms with Gasteiger partial charge in [0.2, 0.25) is 5.91 Å². The van der Waals surface area contributed by atoms with Gasteiger partial charge in [0.15, 0.2) is 0 Å². The van der Waals surface area contributed by atoms with E-state index in [-0.39, 0.29) is 5.91 Å². The fourth-order valence-corrected chi connectivity index (χ4v) is 7.65. The molecule has 0 N–H and O–H groups in total. The van der Waals surface area contributed by atoms with Gasteiger partial charge in [-0.1, -0.05) is 69.3 Å². The summed E-state index contributed by atoms with van der Waals surface area (Å²) in [6.07, 6.45) is 7.44. The standard InChI is InChI=1S/C37H55N3O2S/c1-7-30-22-31(8-2)24-34(23-30)33-14-12-32(13-15-33)29(6)40-28(5)25-39(26-35(40)9-3)36-16-18-38(19-17-36)37(41)27-43-21-11-20-42-10-4/h11-15,21-24,28-29,35-36H,7-10,16-20,25-27H2,1-6H3/b21-11-/t28-,29+,35?/m1/s1. The van der Waals surface area contributed by atoms with Crippen molar-refractivity contribution >= 4 is 17.7 Å². The van der Waals surface area contributed by atoms with Gasteiger partial charge in [0.1, 0.15) is 0 Å². The maximum atomic E-state index is 12.8. The Kier molecular flexibility index (Phi) is 13.2. The summed E-state index contributed by atoms with van der Waals surface area (Å²) in [6, 6.07) is 18.4. The van der Waals surface area contributed by atoms with E-state index in [1.165, 1.54) is 27.8 Å². The Morgan fingerprint density at radius 2 is 1.65 bits per heavy atom. The van der Waals surface area contributed by atoms with E-state index in [1.54, 1.807) is 11.8 Å². The number of amides is 1. The molecule has 0 aliphatic carbocycles. The van der Waals surface area contributed by atoms with Gasteiger partial charge in [0.05, 0.1) is 12.4 Å². The molecule has 3 atom stereocenters. The highest BCUT2D eigenvalue weighted by molar-refractivity contribution is 8.02. The van der Waals surface area contributed by atoms with E-state index in [1.807, 2.05) is 18.4 Å². The molecule has 236 valence electrons. The molecule has 2 aliphatic rings. The summed E-state index contributed by atoms with van der Waals surface area (Å²) in [5.41, 5.74) is 6.89. The zero-order valence-corrected chi connectivity index (χ0v) is 28.4. The highest BCUT2D eigenvalue weighted by Gasteiger charge is 2.38. The van der Waals surface area contributed by atoms with Crippen molar-refractivity contribution in [2.75, 3.05) is 45.1 Å². The molecular weight excluding hydrogens is 550 g/mol. The van der Waals surface area contributed by atoms with E-state index < -0.39 is 0 Å².